The lowest BCUT2D eigenvalue weighted by atomic mass is 10.2. The van der Waals surface area contributed by atoms with Crippen LogP contribution in [0.5, 0.6) is 0 Å². The van der Waals surface area contributed by atoms with Crippen LogP contribution in [0.1, 0.15) is 21.9 Å². The van der Waals surface area contributed by atoms with Gasteiger partial charge in [-0.05, 0) is 31.2 Å². The number of hydrogen-bond acceptors (Lipinski definition) is 6. The second-order valence-electron chi connectivity index (χ2n) is 6.30. The third-order valence-electron chi connectivity index (χ3n) is 4.26. The van der Waals surface area contributed by atoms with Gasteiger partial charge in [0.15, 0.2) is 0 Å². The van der Waals surface area contributed by atoms with Gasteiger partial charge in [0.1, 0.15) is 23.4 Å². The molecule has 7 heteroatoms. The van der Waals surface area contributed by atoms with Gasteiger partial charge in [-0.3, -0.25) is 9.78 Å². The highest BCUT2D eigenvalue weighted by Gasteiger charge is 2.13. The molecule has 0 fully saturated rings. The van der Waals surface area contributed by atoms with Gasteiger partial charge in [-0.15, -0.1) is 0 Å². The maximum Gasteiger partial charge on any atom is 0.274 e. The zero-order valence-electron chi connectivity index (χ0n) is 15.5. The van der Waals surface area contributed by atoms with Crippen LogP contribution in [0.4, 0.5) is 17.2 Å². The minimum absolute atomic E-state index is 0.195. The number of aromatic nitrogens is 3. The molecule has 2 aromatic heterocycles. The Balaban J connectivity index is 1.64. The molecular formula is C22H16N6O. The minimum Gasteiger partial charge on any atom is -0.338 e. The average molecular weight is 380 g/mol. The van der Waals surface area contributed by atoms with Crippen molar-refractivity contribution in [3.63, 3.8) is 0 Å². The Bertz CT molecular complexity index is 1260. The van der Waals surface area contributed by atoms with E-state index in [-0.39, 0.29) is 5.69 Å². The molecule has 0 aliphatic heterocycles. The van der Waals surface area contributed by atoms with E-state index in [1.807, 2.05) is 30.3 Å². The second-order valence-corrected chi connectivity index (χ2v) is 6.30. The first kappa shape index (κ1) is 18.1. The number of anilines is 3. The van der Waals surface area contributed by atoms with E-state index in [4.69, 9.17) is 0 Å². The van der Waals surface area contributed by atoms with Crippen molar-refractivity contribution in [2.24, 2.45) is 0 Å². The van der Waals surface area contributed by atoms with Gasteiger partial charge in [0.05, 0.1) is 22.5 Å². The van der Waals surface area contributed by atoms with Crippen LogP contribution >= 0.6 is 0 Å². The van der Waals surface area contributed by atoms with Gasteiger partial charge < -0.3 is 10.6 Å². The second kappa shape index (κ2) is 7.74. The van der Waals surface area contributed by atoms with Crippen LogP contribution in [0.15, 0.2) is 66.9 Å². The highest BCUT2D eigenvalue weighted by molar-refractivity contribution is 6.04. The van der Waals surface area contributed by atoms with Crippen molar-refractivity contribution >= 4 is 34.0 Å². The predicted molar refractivity (Wildman–Crippen MR) is 111 cm³/mol. The normalized spacial score (nSPS) is 10.3. The third-order valence-corrected chi connectivity index (χ3v) is 4.26. The highest BCUT2D eigenvalue weighted by atomic mass is 16.1. The molecule has 2 N–H and O–H groups in total. The molecule has 7 nitrogen and oxygen atoms in total. The number of amides is 1. The summed E-state index contributed by atoms with van der Waals surface area (Å²) in [5.41, 5.74) is 2.60. The molecule has 0 spiro atoms. The molecule has 2 aromatic carbocycles. The fourth-order valence-electron chi connectivity index (χ4n) is 2.97. The molecule has 0 aliphatic rings. The van der Waals surface area contributed by atoms with E-state index in [1.54, 1.807) is 43.5 Å². The Hall–Kier alpha value is -4.31. The van der Waals surface area contributed by atoms with Gasteiger partial charge in [0, 0.05) is 17.6 Å². The van der Waals surface area contributed by atoms with Crippen molar-refractivity contribution < 1.29 is 4.79 Å². The lowest BCUT2D eigenvalue weighted by Gasteiger charge is -2.11. The Morgan fingerprint density at radius 2 is 1.79 bits per heavy atom. The van der Waals surface area contributed by atoms with Gasteiger partial charge >= 0.3 is 0 Å². The lowest BCUT2D eigenvalue weighted by Crippen LogP contribution is -2.16. The Kier molecular flexibility index (Phi) is 4.82. The largest absolute Gasteiger partial charge is 0.338 e. The maximum absolute atomic E-state index is 12.7. The average Bonchev–Trinajstić information content (AvgIpc) is 2.74. The van der Waals surface area contributed by atoms with Crippen LogP contribution in [0.3, 0.4) is 0 Å². The number of para-hydroxylation sites is 2. The smallest absolute Gasteiger partial charge is 0.274 e. The zero-order chi connectivity index (χ0) is 20.2. The fraction of sp³-hybridized carbons (Fsp3) is 0.0455. The highest BCUT2D eigenvalue weighted by Crippen LogP contribution is 2.24. The van der Waals surface area contributed by atoms with E-state index < -0.39 is 5.91 Å². The van der Waals surface area contributed by atoms with Crippen molar-refractivity contribution in [3.05, 3.63) is 83.9 Å². The quantitative estimate of drug-likeness (QED) is 0.550. The fourth-order valence-corrected chi connectivity index (χ4v) is 2.97. The summed E-state index contributed by atoms with van der Waals surface area (Å²) in [4.78, 5) is 25.7. The van der Waals surface area contributed by atoms with Gasteiger partial charge in [0.2, 0.25) is 0 Å². The first-order chi connectivity index (χ1) is 14.1. The number of hydrogen-bond donors (Lipinski definition) is 2. The molecule has 2 heterocycles. The van der Waals surface area contributed by atoms with Crippen molar-refractivity contribution in [1.29, 1.82) is 5.26 Å². The molecule has 4 aromatic rings. The van der Waals surface area contributed by atoms with Crippen molar-refractivity contribution in [2.75, 3.05) is 10.6 Å². The molecule has 0 saturated heterocycles. The van der Waals surface area contributed by atoms with Gasteiger partial charge in [-0.2, -0.15) is 5.26 Å². The Morgan fingerprint density at radius 1 is 1.00 bits per heavy atom. The molecule has 0 saturated carbocycles. The van der Waals surface area contributed by atoms with E-state index in [0.29, 0.717) is 22.9 Å². The van der Waals surface area contributed by atoms with E-state index in [1.165, 1.54) is 0 Å². The van der Waals surface area contributed by atoms with E-state index in [2.05, 4.69) is 31.7 Å². The monoisotopic (exact) mass is 380 g/mol. The summed E-state index contributed by atoms with van der Waals surface area (Å²) >= 11 is 0. The number of fused-ring (bicyclic) bond motifs is 1. The number of nitrogens with one attached hydrogen (secondary N) is 2. The van der Waals surface area contributed by atoms with Crippen molar-refractivity contribution in [2.45, 2.75) is 6.92 Å². The number of rotatable bonds is 4. The number of carbonyl (C=O) groups excluding carboxylic acids is 1. The summed E-state index contributed by atoms with van der Waals surface area (Å²) in [6.07, 6.45) is 1.73. The predicted octanol–water partition coefficient (Wildman–Crippen LogP) is 4.20. The number of carbonyl (C=O) groups is 1. The van der Waals surface area contributed by atoms with Crippen LogP contribution in [0.2, 0.25) is 0 Å². The Morgan fingerprint density at radius 3 is 2.66 bits per heavy atom. The lowest BCUT2D eigenvalue weighted by molar-refractivity contribution is 0.102. The minimum atomic E-state index is -0.419. The molecular weight excluding hydrogens is 364 g/mol. The summed E-state index contributed by atoms with van der Waals surface area (Å²) < 4.78 is 0. The summed E-state index contributed by atoms with van der Waals surface area (Å²) in [7, 11) is 0. The molecule has 0 radical (unpaired) electrons. The van der Waals surface area contributed by atoms with Crippen LogP contribution in [-0.2, 0) is 0 Å². The molecule has 0 unspecified atom stereocenters. The molecule has 1 amide bonds. The number of nitrogens with zero attached hydrogens (tertiary/aromatic N) is 4. The van der Waals surface area contributed by atoms with Crippen LogP contribution < -0.4 is 10.6 Å². The van der Waals surface area contributed by atoms with Crippen LogP contribution in [-0.4, -0.2) is 20.9 Å². The van der Waals surface area contributed by atoms with Crippen LogP contribution in [0, 0.1) is 18.3 Å². The van der Waals surface area contributed by atoms with Crippen molar-refractivity contribution in [1.82, 2.24) is 15.0 Å². The molecule has 0 atom stereocenters. The summed E-state index contributed by atoms with van der Waals surface area (Å²) in [5, 5.41) is 16.2. The van der Waals surface area contributed by atoms with Crippen LogP contribution in [0.25, 0.3) is 10.9 Å². The molecule has 140 valence electrons. The van der Waals surface area contributed by atoms with Gasteiger partial charge in [-0.1, -0.05) is 30.3 Å². The third kappa shape index (κ3) is 3.87. The number of nitriles is 1. The number of pyridine rings is 1. The topological polar surface area (TPSA) is 104 Å². The van der Waals surface area contributed by atoms with Gasteiger partial charge in [0.25, 0.3) is 5.91 Å². The maximum atomic E-state index is 12.7. The van der Waals surface area contributed by atoms with Gasteiger partial charge in [-0.25, -0.2) is 9.97 Å². The summed E-state index contributed by atoms with van der Waals surface area (Å²) in [6, 6.07) is 20.1. The Labute approximate surface area is 167 Å². The van der Waals surface area contributed by atoms with Crippen molar-refractivity contribution in [3.8, 4) is 6.07 Å². The first-order valence-electron chi connectivity index (χ1n) is 8.91. The standard InChI is InChI=1S/C22H16N6O/c1-14-25-19(22(29)28-17-9-3-2-6-16(17)13-23)12-20(26-14)27-18-10-4-7-15-8-5-11-24-21(15)18/h2-12H,1H3,(H,28,29)(H,25,26,27). The molecule has 29 heavy (non-hydrogen) atoms. The summed E-state index contributed by atoms with van der Waals surface area (Å²) in [5.74, 6) is 0.508. The molecule has 0 bridgehead atoms. The van der Waals surface area contributed by atoms with E-state index in [0.717, 1.165) is 16.6 Å². The molecule has 0 aliphatic carbocycles. The molecule has 4 rings (SSSR count). The summed E-state index contributed by atoms with van der Waals surface area (Å²) in [6.45, 7) is 1.71. The SMILES string of the molecule is Cc1nc(Nc2cccc3cccnc23)cc(C(=O)Nc2ccccc2C#N)n1. The zero-order valence-corrected chi connectivity index (χ0v) is 15.5. The first-order valence-corrected chi connectivity index (χ1v) is 8.91. The van der Waals surface area contributed by atoms with E-state index >= 15 is 0 Å². The van der Waals surface area contributed by atoms with E-state index in [9.17, 15) is 10.1 Å². The number of benzene rings is 2. The number of aryl methyl sites for hydroxylation is 1.